The van der Waals surface area contributed by atoms with Crippen LogP contribution in [0.2, 0.25) is 0 Å². The van der Waals surface area contributed by atoms with Gasteiger partial charge in [-0.2, -0.15) is 0 Å². The summed E-state index contributed by atoms with van der Waals surface area (Å²) in [7, 11) is 0. The average molecular weight is 358 g/mol. The zero-order valence-electron chi connectivity index (χ0n) is 12.9. The van der Waals surface area contributed by atoms with Gasteiger partial charge >= 0.3 is 0 Å². The van der Waals surface area contributed by atoms with Crippen LogP contribution in [0.25, 0.3) is 10.9 Å². The van der Waals surface area contributed by atoms with E-state index >= 15 is 0 Å². The molecule has 0 saturated heterocycles. The number of amides is 1. The van der Waals surface area contributed by atoms with Crippen LogP contribution in [0.4, 0.5) is 5.69 Å². The van der Waals surface area contributed by atoms with E-state index in [9.17, 15) is 4.79 Å². The molecule has 2 N–H and O–H groups in total. The molecule has 0 aliphatic heterocycles. The normalized spacial score (nSPS) is 9.88. The van der Waals surface area contributed by atoms with Crippen molar-refractivity contribution in [3.8, 4) is 0 Å². The van der Waals surface area contributed by atoms with Crippen molar-refractivity contribution >= 4 is 52.2 Å². The molecule has 24 heavy (non-hydrogen) atoms. The number of aryl methyl sites for hydroxylation is 1. The van der Waals surface area contributed by atoms with Crippen molar-refractivity contribution in [2.45, 2.75) is 6.92 Å². The molecule has 0 fully saturated rings. The molecular formula is C18H16ClN3OS. The van der Waals surface area contributed by atoms with Crippen LogP contribution in [-0.4, -0.2) is 16.0 Å². The predicted octanol–water partition coefficient (Wildman–Crippen LogP) is 4.09. The van der Waals surface area contributed by atoms with Crippen LogP contribution in [0.5, 0.6) is 0 Å². The molecule has 0 aliphatic rings. The van der Waals surface area contributed by atoms with Crippen LogP contribution < -0.4 is 10.6 Å². The maximum Gasteiger partial charge on any atom is 0.257 e. The summed E-state index contributed by atoms with van der Waals surface area (Å²) in [4.78, 5) is 16.6. The van der Waals surface area contributed by atoms with E-state index in [-0.39, 0.29) is 23.4 Å². The number of pyridine rings is 1. The molecule has 3 aromatic rings. The first-order valence-electron chi connectivity index (χ1n) is 7.17. The molecule has 2 aromatic carbocycles. The monoisotopic (exact) mass is 357 g/mol. The number of hydrogen-bond acceptors (Lipinski definition) is 3. The Bertz CT molecular complexity index is 884. The zero-order chi connectivity index (χ0) is 16.2. The lowest BCUT2D eigenvalue weighted by molar-refractivity contribution is 0.0977. The fourth-order valence-electron chi connectivity index (χ4n) is 2.28. The van der Waals surface area contributed by atoms with Crippen molar-refractivity contribution in [1.82, 2.24) is 10.3 Å². The number of carbonyl (C=O) groups is 1. The molecule has 0 saturated carbocycles. The lowest BCUT2D eigenvalue weighted by Gasteiger charge is -2.12. The second-order valence-corrected chi connectivity index (χ2v) is 5.51. The largest absolute Gasteiger partial charge is 0.332 e. The third-order valence-electron chi connectivity index (χ3n) is 3.38. The van der Waals surface area contributed by atoms with Crippen molar-refractivity contribution in [3.63, 3.8) is 0 Å². The molecule has 0 unspecified atom stereocenters. The number of carbonyl (C=O) groups excluding carboxylic acids is 1. The summed E-state index contributed by atoms with van der Waals surface area (Å²) in [6, 6.07) is 18.6. The van der Waals surface area contributed by atoms with Crippen molar-refractivity contribution in [2.24, 2.45) is 0 Å². The van der Waals surface area contributed by atoms with Crippen molar-refractivity contribution in [3.05, 3.63) is 71.9 Å². The van der Waals surface area contributed by atoms with Gasteiger partial charge in [-0.05, 0) is 55.5 Å². The predicted molar refractivity (Wildman–Crippen MR) is 104 cm³/mol. The van der Waals surface area contributed by atoms with E-state index in [2.05, 4.69) is 15.6 Å². The van der Waals surface area contributed by atoms with Gasteiger partial charge in [0.15, 0.2) is 5.11 Å². The molecule has 1 heterocycles. The van der Waals surface area contributed by atoms with Gasteiger partial charge in [0.25, 0.3) is 5.91 Å². The van der Waals surface area contributed by atoms with E-state index in [1.807, 2.05) is 55.5 Å². The third-order valence-corrected chi connectivity index (χ3v) is 3.59. The Morgan fingerprint density at radius 3 is 2.50 bits per heavy atom. The highest BCUT2D eigenvalue weighted by Gasteiger charge is 2.09. The molecule has 0 radical (unpaired) electrons. The lowest BCUT2D eigenvalue weighted by Crippen LogP contribution is -2.34. The molecule has 0 spiro atoms. The molecule has 1 aromatic heterocycles. The number of rotatable bonds is 2. The van der Waals surface area contributed by atoms with Gasteiger partial charge in [-0.15, -0.1) is 12.4 Å². The maximum atomic E-state index is 12.1. The van der Waals surface area contributed by atoms with E-state index < -0.39 is 0 Å². The van der Waals surface area contributed by atoms with Crippen LogP contribution in [-0.2, 0) is 0 Å². The second kappa shape index (κ2) is 7.86. The number of fused-ring (bicyclic) bond motifs is 1. The molecule has 3 rings (SSSR count). The molecule has 6 heteroatoms. The molecular weight excluding hydrogens is 342 g/mol. The second-order valence-electron chi connectivity index (χ2n) is 5.10. The quantitative estimate of drug-likeness (QED) is 0.678. The molecule has 1 amide bonds. The highest BCUT2D eigenvalue weighted by atomic mass is 35.5. The first kappa shape index (κ1) is 17.8. The minimum Gasteiger partial charge on any atom is -0.332 e. The summed E-state index contributed by atoms with van der Waals surface area (Å²) >= 11 is 5.24. The Kier molecular flexibility index (Phi) is 5.84. The summed E-state index contributed by atoms with van der Waals surface area (Å²) in [5.74, 6) is -0.239. The zero-order valence-corrected chi connectivity index (χ0v) is 14.6. The van der Waals surface area contributed by atoms with Crippen LogP contribution in [0.1, 0.15) is 16.1 Å². The summed E-state index contributed by atoms with van der Waals surface area (Å²) in [5, 5.41) is 6.96. The fourth-order valence-corrected chi connectivity index (χ4v) is 2.49. The smallest absolute Gasteiger partial charge is 0.257 e. The lowest BCUT2D eigenvalue weighted by atomic mass is 10.1. The van der Waals surface area contributed by atoms with Crippen molar-refractivity contribution in [1.29, 1.82) is 0 Å². The van der Waals surface area contributed by atoms with Gasteiger partial charge in [-0.3, -0.25) is 15.1 Å². The Labute approximate surface area is 151 Å². The van der Waals surface area contributed by atoms with Gasteiger partial charge < -0.3 is 5.32 Å². The molecule has 4 nitrogen and oxygen atoms in total. The third kappa shape index (κ3) is 4.07. The van der Waals surface area contributed by atoms with Crippen molar-refractivity contribution in [2.75, 3.05) is 5.32 Å². The number of benzene rings is 2. The van der Waals surface area contributed by atoms with E-state index in [0.29, 0.717) is 5.56 Å². The highest BCUT2D eigenvalue weighted by Crippen LogP contribution is 2.22. The first-order chi connectivity index (χ1) is 11.1. The average Bonchev–Trinajstić information content (AvgIpc) is 2.55. The van der Waals surface area contributed by atoms with Gasteiger partial charge in [0, 0.05) is 22.3 Å². The Morgan fingerprint density at radius 2 is 1.75 bits per heavy atom. The summed E-state index contributed by atoms with van der Waals surface area (Å²) in [5.41, 5.74) is 3.21. The first-order valence-corrected chi connectivity index (χ1v) is 7.58. The highest BCUT2D eigenvalue weighted by molar-refractivity contribution is 7.80. The molecule has 122 valence electrons. The summed E-state index contributed by atoms with van der Waals surface area (Å²) in [6.45, 7) is 1.95. The number of thiocarbonyl (C=S) groups is 1. The van der Waals surface area contributed by atoms with E-state index in [0.717, 1.165) is 22.3 Å². The fraction of sp³-hybridized carbons (Fsp3) is 0.0556. The van der Waals surface area contributed by atoms with E-state index in [1.165, 1.54) is 0 Å². The van der Waals surface area contributed by atoms with Gasteiger partial charge in [0.2, 0.25) is 0 Å². The van der Waals surface area contributed by atoms with E-state index in [4.69, 9.17) is 12.2 Å². The SMILES string of the molecule is Cc1ccc2c(NC(=S)NC(=O)c3ccccc3)cccc2n1.Cl. The standard InChI is InChI=1S/C18H15N3OS.ClH/c1-12-10-11-14-15(19-12)8-5-9-16(14)20-18(23)21-17(22)13-6-3-2-4-7-13;/h2-11H,1H3,(H2,20,21,22,23);1H. The van der Waals surface area contributed by atoms with E-state index in [1.54, 1.807) is 12.1 Å². The number of nitrogens with one attached hydrogen (secondary N) is 2. The Morgan fingerprint density at radius 1 is 1.00 bits per heavy atom. The van der Waals surface area contributed by atoms with Gasteiger partial charge in [0.1, 0.15) is 0 Å². The number of halogens is 1. The maximum absolute atomic E-state index is 12.1. The number of nitrogens with zero attached hydrogens (tertiary/aromatic N) is 1. The van der Waals surface area contributed by atoms with Gasteiger partial charge in [0.05, 0.1) is 5.52 Å². The van der Waals surface area contributed by atoms with Crippen molar-refractivity contribution < 1.29 is 4.79 Å². The Balaban J connectivity index is 0.00000208. The number of anilines is 1. The van der Waals surface area contributed by atoms with Crippen LogP contribution in [0, 0.1) is 6.92 Å². The van der Waals surface area contributed by atoms with Gasteiger partial charge in [-0.1, -0.05) is 24.3 Å². The van der Waals surface area contributed by atoms with Crippen LogP contribution >= 0.6 is 24.6 Å². The number of hydrogen-bond donors (Lipinski definition) is 2. The minimum atomic E-state index is -0.239. The van der Waals surface area contributed by atoms with Gasteiger partial charge in [-0.25, -0.2) is 0 Å². The molecule has 0 atom stereocenters. The summed E-state index contributed by atoms with van der Waals surface area (Å²) in [6.07, 6.45) is 0. The topological polar surface area (TPSA) is 54.0 Å². The molecule has 0 bridgehead atoms. The summed E-state index contributed by atoms with van der Waals surface area (Å²) < 4.78 is 0. The molecule has 0 aliphatic carbocycles. The number of aromatic nitrogens is 1. The minimum absolute atomic E-state index is 0. The Hall–Kier alpha value is -2.50. The van der Waals surface area contributed by atoms with Crippen LogP contribution in [0.15, 0.2) is 60.7 Å². The van der Waals surface area contributed by atoms with Crippen LogP contribution in [0.3, 0.4) is 0 Å².